The predicted molar refractivity (Wildman–Crippen MR) is 60.9 cm³/mol. The SMILES string of the molecule is CC(OC1C(O)C(O)OC(CO)C1O)SS. The minimum atomic E-state index is -1.48. The summed E-state index contributed by atoms with van der Waals surface area (Å²) in [6.45, 7) is 1.22. The molecule has 0 amide bonds. The highest BCUT2D eigenvalue weighted by Gasteiger charge is 2.45. The summed E-state index contributed by atoms with van der Waals surface area (Å²) < 4.78 is 10.1. The van der Waals surface area contributed by atoms with Crippen molar-refractivity contribution < 1.29 is 29.9 Å². The molecule has 0 bridgehead atoms. The van der Waals surface area contributed by atoms with Gasteiger partial charge in [-0.3, -0.25) is 0 Å². The molecule has 0 aromatic carbocycles. The van der Waals surface area contributed by atoms with E-state index in [0.717, 1.165) is 10.8 Å². The van der Waals surface area contributed by atoms with Gasteiger partial charge in [0.2, 0.25) is 0 Å². The molecule has 96 valence electrons. The fraction of sp³-hybridized carbons (Fsp3) is 1.00. The summed E-state index contributed by atoms with van der Waals surface area (Å²) in [6, 6.07) is 0. The normalized spacial score (nSPS) is 42.0. The van der Waals surface area contributed by atoms with Crippen LogP contribution in [-0.2, 0) is 9.47 Å². The molecular weight excluding hydrogens is 256 g/mol. The van der Waals surface area contributed by atoms with Crippen molar-refractivity contribution >= 4 is 22.5 Å². The zero-order valence-electron chi connectivity index (χ0n) is 8.63. The number of rotatable bonds is 4. The number of aliphatic hydroxyl groups is 4. The molecule has 1 aliphatic rings. The first-order valence-corrected chi connectivity index (χ1v) is 6.70. The van der Waals surface area contributed by atoms with Crippen LogP contribution < -0.4 is 0 Å². The quantitative estimate of drug-likeness (QED) is 0.247. The smallest absolute Gasteiger partial charge is 0.184 e. The number of hydrogen-bond acceptors (Lipinski definition) is 8. The molecule has 6 unspecified atom stereocenters. The van der Waals surface area contributed by atoms with Crippen molar-refractivity contribution in [2.75, 3.05) is 6.61 Å². The Morgan fingerprint density at radius 3 is 2.50 bits per heavy atom. The summed E-state index contributed by atoms with van der Waals surface area (Å²) in [5, 5.41) is 37.6. The molecule has 1 aliphatic heterocycles. The van der Waals surface area contributed by atoms with Gasteiger partial charge in [0.25, 0.3) is 0 Å². The first-order valence-electron chi connectivity index (χ1n) is 4.77. The average molecular weight is 272 g/mol. The van der Waals surface area contributed by atoms with Crippen LogP contribution in [0.5, 0.6) is 0 Å². The van der Waals surface area contributed by atoms with Crippen molar-refractivity contribution in [3.63, 3.8) is 0 Å². The number of ether oxygens (including phenoxy) is 2. The summed E-state index contributed by atoms with van der Waals surface area (Å²) in [4.78, 5) is 0. The van der Waals surface area contributed by atoms with E-state index in [1.165, 1.54) is 0 Å². The molecule has 1 heterocycles. The van der Waals surface area contributed by atoms with E-state index in [0.29, 0.717) is 0 Å². The molecule has 6 nitrogen and oxygen atoms in total. The second kappa shape index (κ2) is 6.41. The number of thiol groups is 1. The van der Waals surface area contributed by atoms with Gasteiger partial charge in [-0.05, 0) is 6.92 Å². The molecule has 0 radical (unpaired) electrons. The van der Waals surface area contributed by atoms with Gasteiger partial charge in [0, 0.05) is 0 Å². The lowest BCUT2D eigenvalue weighted by molar-refractivity contribution is -0.295. The van der Waals surface area contributed by atoms with Crippen LogP contribution in [0.2, 0.25) is 0 Å². The van der Waals surface area contributed by atoms with Crippen LogP contribution in [0.15, 0.2) is 0 Å². The van der Waals surface area contributed by atoms with E-state index in [1.807, 2.05) is 0 Å². The Morgan fingerprint density at radius 2 is 2.00 bits per heavy atom. The Morgan fingerprint density at radius 1 is 1.38 bits per heavy atom. The van der Waals surface area contributed by atoms with E-state index in [4.69, 9.17) is 14.6 Å². The van der Waals surface area contributed by atoms with Crippen molar-refractivity contribution in [3.8, 4) is 0 Å². The third-order valence-electron chi connectivity index (χ3n) is 2.34. The molecule has 8 heteroatoms. The summed E-state index contributed by atoms with van der Waals surface area (Å²) in [5.41, 5.74) is -0.373. The Kier molecular flexibility index (Phi) is 5.82. The maximum atomic E-state index is 9.75. The van der Waals surface area contributed by atoms with Crippen LogP contribution in [-0.4, -0.2) is 63.2 Å². The Balaban J connectivity index is 2.69. The first kappa shape index (κ1) is 14.5. The minimum absolute atomic E-state index is 0.373. The summed E-state index contributed by atoms with van der Waals surface area (Å²) in [7, 11) is 1.10. The lowest BCUT2D eigenvalue weighted by atomic mass is 9.99. The third-order valence-corrected chi connectivity index (χ3v) is 3.64. The van der Waals surface area contributed by atoms with Gasteiger partial charge < -0.3 is 29.9 Å². The monoisotopic (exact) mass is 272 g/mol. The lowest BCUT2D eigenvalue weighted by Crippen LogP contribution is -2.59. The van der Waals surface area contributed by atoms with E-state index < -0.39 is 37.3 Å². The number of hydrogen-bond donors (Lipinski definition) is 5. The van der Waals surface area contributed by atoms with Gasteiger partial charge in [0.15, 0.2) is 6.29 Å². The maximum Gasteiger partial charge on any atom is 0.184 e. The van der Waals surface area contributed by atoms with Crippen LogP contribution in [0.3, 0.4) is 0 Å². The fourth-order valence-corrected chi connectivity index (χ4v) is 1.80. The fourth-order valence-electron chi connectivity index (χ4n) is 1.47. The molecule has 0 saturated carbocycles. The van der Waals surface area contributed by atoms with Crippen molar-refractivity contribution in [1.29, 1.82) is 0 Å². The molecule has 1 saturated heterocycles. The van der Waals surface area contributed by atoms with Crippen LogP contribution in [0.4, 0.5) is 0 Å². The minimum Gasteiger partial charge on any atom is -0.394 e. The molecule has 6 atom stereocenters. The van der Waals surface area contributed by atoms with Crippen molar-refractivity contribution in [3.05, 3.63) is 0 Å². The summed E-state index contributed by atoms with van der Waals surface area (Å²) >= 11 is 3.93. The standard InChI is InChI=1S/C8H16O6S2/c1-3(16-15)13-7-5(10)4(2-9)14-8(12)6(7)11/h3-12,15H,2H2,1H3. The van der Waals surface area contributed by atoms with Crippen molar-refractivity contribution in [1.82, 2.24) is 0 Å². The Labute approximate surface area is 102 Å². The van der Waals surface area contributed by atoms with E-state index in [2.05, 4.69) is 11.7 Å². The van der Waals surface area contributed by atoms with Crippen LogP contribution in [0, 0.1) is 0 Å². The maximum absolute atomic E-state index is 9.75. The Hall–Kier alpha value is 0.460. The molecule has 0 aromatic rings. The third kappa shape index (κ3) is 3.23. The zero-order valence-corrected chi connectivity index (χ0v) is 10.3. The molecule has 0 spiro atoms. The Bertz CT molecular complexity index is 219. The molecule has 1 fully saturated rings. The molecule has 1 rings (SSSR count). The molecule has 16 heavy (non-hydrogen) atoms. The molecule has 0 aliphatic carbocycles. The lowest BCUT2D eigenvalue weighted by Gasteiger charge is -2.40. The van der Waals surface area contributed by atoms with Crippen molar-refractivity contribution in [2.24, 2.45) is 0 Å². The first-order chi connectivity index (χ1) is 7.51. The second-order valence-corrected chi connectivity index (χ2v) is 5.01. The van der Waals surface area contributed by atoms with Gasteiger partial charge in [0.05, 0.1) is 6.61 Å². The van der Waals surface area contributed by atoms with Crippen LogP contribution >= 0.6 is 22.5 Å². The average Bonchev–Trinajstić information content (AvgIpc) is 2.28. The molecule has 0 aromatic heterocycles. The second-order valence-electron chi connectivity index (χ2n) is 3.50. The predicted octanol–water partition coefficient (Wildman–Crippen LogP) is -1.27. The van der Waals surface area contributed by atoms with Gasteiger partial charge >= 0.3 is 0 Å². The highest BCUT2D eigenvalue weighted by atomic mass is 33.1. The van der Waals surface area contributed by atoms with Gasteiger partial charge in [-0.1, -0.05) is 10.8 Å². The highest BCUT2D eigenvalue weighted by Crippen LogP contribution is 2.26. The van der Waals surface area contributed by atoms with E-state index in [9.17, 15) is 15.3 Å². The van der Waals surface area contributed by atoms with E-state index in [-0.39, 0.29) is 5.44 Å². The zero-order chi connectivity index (χ0) is 12.3. The summed E-state index contributed by atoms with van der Waals surface area (Å²) in [6.07, 6.45) is -6.04. The topological polar surface area (TPSA) is 99.4 Å². The van der Waals surface area contributed by atoms with Crippen molar-refractivity contribution in [2.45, 2.75) is 43.1 Å². The number of aliphatic hydroxyl groups excluding tert-OH is 4. The largest absolute Gasteiger partial charge is 0.394 e. The van der Waals surface area contributed by atoms with Gasteiger partial charge in [-0.15, -0.1) is 11.7 Å². The van der Waals surface area contributed by atoms with Gasteiger partial charge in [-0.25, -0.2) is 0 Å². The summed E-state index contributed by atoms with van der Waals surface area (Å²) in [5.74, 6) is 0. The van der Waals surface area contributed by atoms with Crippen LogP contribution in [0.1, 0.15) is 6.92 Å². The van der Waals surface area contributed by atoms with Crippen LogP contribution in [0.25, 0.3) is 0 Å². The molecular formula is C8H16O6S2. The highest BCUT2D eigenvalue weighted by molar-refractivity contribution is 8.68. The van der Waals surface area contributed by atoms with E-state index in [1.54, 1.807) is 6.92 Å². The molecule has 4 N–H and O–H groups in total. The van der Waals surface area contributed by atoms with E-state index >= 15 is 0 Å². The van der Waals surface area contributed by atoms with Gasteiger partial charge in [-0.2, -0.15) is 0 Å². The van der Waals surface area contributed by atoms with Gasteiger partial charge in [0.1, 0.15) is 29.9 Å².